The zero-order valence-electron chi connectivity index (χ0n) is 14.6. The van der Waals surface area contributed by atoms with Crippen molar-refractivity contribution in [1.29, 1.82) is 0 Å². The van der Waals surface area contributed by atoms with Gasteiger partial charge in [0.1, 0.15) is 5.82 Å². The van der Waals surface area contributed by atoms with E-state index in [1.54, 1.807) is 0 Å². The number of aromatic nitrogens is 2. The van der Waals surface area contributed by atoms with Gasteiger partial charge in [-0.15, -0.1) is 0 Å². The van der Waals surface area contributed by atoms with E-state index in [0.29, 0.717) is 0 Å². The Morgan fingerprint density at radius 1 is 1.27 bits per heavy atom. The number of anilines is 2. The number of phenols is 1. The first kappa shape index (κ1) is 21.8. The van der Waals surface area contributed by atoms with Gasteiger partial charge in [0.25, 0.3) is 0 Å². The Morgan fingerprint density at radius 3 is 2.60 bits per heavy atom. The van der Waals surface area contributed by atoms with Crippen LogP contribution in [0.15, 0.2) is 28.7 Å². The molecule has 0 saturated carbocycles. The van der Waals surface area contributed by atoms with Crippen LogP contribution in [0.25, 0.3) is 10.9 Å². The first-order valence-corrected chi connectivity index (χ1v) is 8.96. The van der Waals surface area contributed by atoms with Crippen molar-refractivity contribution in [3.05, 3.63) is 39.6 Å². The molecule has 1 aromatic heterocycles. The first-order valence-electron chi connectivity index (χ1n) is 7.79. The number of phenolic OH excluding ortho intramolecular Hbond substituents is 1. The van der Waals surface area contributed by atoms with Crippen LogP contribution in [0.1, 0.15) is 0 Å². The molecule has 13 heteroatoms. The van der Waals surface area contributed by atoms with Crippen LogP contribution in [0.2, 0.25) is 5.02 Å². The Bertz CT molecular complexity index is 1160. The molecule has 0 unspecified atom stereocenters. The number of esters is 1. The third kappa shape index (κ3) is 4.33. The van der Waals surface area contributed by atoms with E-state index in [-0.39, 0.29) is 43.4 Å². The Hall–Kier alpha value is -2.86. The lowest BCUT2D eigenvalue weighted by atomic mass is 10.2. The highest BCUT2D eigenvalue weighted by atomic mass is 79.9. The summed E-state index contributed by atoms with van der Waals surface area (Å²) < 4.78 is 61.5. The molecule has 3 rings (SSSR count). The molecule has 0 aliphatic rings. The maximum atomic E-state index is 14.5. The van der Waals surface area contributed by atoms with Crippen molar-refractivity contribution in [3.8, 4) is 17.5 Å². The number of carbonyl (C=O) groups is 1. The fourth-order valence-electron chi connectivity index (χ4n) is 2.32. The molecule has 0 fully saturated rings. The fourth-order valence-corrected chi connectivity index (χ4v) is 2.79. The zero-order chi connectivity index (χ0) is 22.2. The lowest BCUT2D eigenvalue weighted by Gasteiger charge is -2.14. The minimum absolute atomic E-state index is 0.0107. The van der Waals surface area contributed by atoms with Gasteiger partial charge in [0.2, 0.25) is 0 Å². The maximum absolute atomic E-state index is 14.5. The molecule has 1 heterocycles. The van der Waals surface area contributed by atoms with E-state index in [4.69, 9.17) is 16.3 Å². The monoisotopic (exact) mass is 509 g/mol. The van der Waals surface area contributed by atoms with E-state index in [1.165, 1.54) is 25.3 Å². The Morgan fingerprint density at radius 2 is 1.97 bits per heavy atom. The van der Waals surface area contributed by atoms with E-state index in [2.05, 4.69) is 36.0 Å². The van der Waals surface area contributed by atoms with Gasteiger partial charge in [-0.1, -0.05) is 11.6 Å². The van der Waals surface area contributed by atoms with E-state index in [0.717, 1.165) is 6.07 Å². The summed E-state index contributed by atoms with van der Waals surface area (Å²) in [5, 5.41) is 12.4. The molecule has 0 aliphatic heterocycles. The average molecular weight is 511 g/mol. The largest absolute Gasteiger partial charge is 0.504 e. The summed E-state index contributed by atoms with van der Waals surface area (Å²) in [7, 11) is 1.27. The number of ether oxygens (including phenoxy) is 2. The van der Waals surface area contributed by atoms with Crippen LogP contribution in [0.4, 0.5) is 29.1 Å². The number of benzene rings is 2. The summed E-state index contributed by atoms with van der Waals surface area (Å²) in [6, 6.07) is 4.06. The standard InChI is InChI=1S/C17H9BrClF4N3O4/c1-29-11-4-6-9(5-10(11)27)25-16(30-15(28)17(21,22)23)26-14(6)24-8-3-2-7(18)12(19)13(8)20/h2-5,27H,1H3,(H,24,25,26). The predicted molar refractivity (Wildman–Crippen MR) is 102 cm³/mol. The summed E-state index contributed by atoms with van der Waals surface area (Å²) >= 11 is 8.90. The summed E-state index contributed by atoms with van der Waals surface area (Å²) in [5.41, 5.74) is -0.289. The van der Waals surface area contributed by atoms with Gasteiger partial charge in [-0.25, -0.2) is 9.18 Å². The second-order valence-corrected chi connectivity index (χ2v) is 6.86. The highest BCUT2D eigenvalue weighted by Gasteiger charge is 2.42. The number of alkyl halides is 3. The van der Waals surface area contributed by atoms with Crippen molar-refractivity contribution in [2.45, 2.75) is 6.18 Å². The number of halogens is 6. The minimum Gasteiger partial charge on any atom is -0.504 e. The van der Waals surface area contributed by atoms with E-state index < -0.39 is 24.0 Å². The van der Waals surface area contributed by atoms with Crippen LogP contribution in [-0.2, 0) is 4.79 Å². The number of fused-ring (bicyclic) bond motifs is 1. The Kier molecular flexibility index (Phi) is 5.90. The normalized spacial score (nSPS) is 11.4. The van der Waals surface area contributed by atoms with Gasteiger partial charge >= 0.3 is 18.2 Å². The maximum Gasteiger partial charge on any atom is 0.491 e. The third-order valence-electron chi connectivity index (χ3n) is 3.68. The van der Waals surface area contributed by atoms with Crippen LogP contribution in [-0.4, -0.2) is 34.3 Å². The Balaban J connectivity index is 2.16. The molecule has 0 amide bonds. The molecule has 0 bridgehead atoms. The van der Waals surface area contributed by atoms with Gasteiger partial charge in [-0.3, -0.25) is 0 Å². The number of carbonyl (C=O) groups excluding carboxylic acids is 1. The molecule has 7 nitrogen and oxygen atoms in total. The molecular formula is C17H9BrClF4N3O4. The fraction of sp³-hybridized carbons (Fsp3) is 0.118. The summed E-state index contributed by atoms with van der Waals surface area (Å²) in [4.78, 5) is 18.6. The molecule has 158 valence electrons. The molecule has 30 heavy (non-hydrogen) atoms. The number of nitrogens with zero attached hydrogens (tertiary/aromatic N) is 2. The predicted octanol–water partition coefficient (Wildman–Crippen LogP) is 5.11. The second kappa shape index (κ2) is 8.11. The van der Waals surface area contributed by atoms with Crippen LogP contribution >= 0.6 is 27.5 Å². The topological polar surface area (TPSA) is 93.6 Å². The van der Waals surface area contributed by atoms with E-state index in [9.17, 15) is 27.5 Å². The van der Waals surface area contributed by atoms with E-state index >= 15 is 0 Å². The van der Waals surface area contributed by atoms with Gasteiger partial charge in [0, 0.05) is 15.9 Å². The molecule has 2 aromatic carbocycles. The number of aromatic hydroxyl groups is 1. The van der Waals surface area contributed by atoms with Crippen molar-refractivity contribution in [1.82, 2.24) is 9.97 Å². The Labute approximate surface area is 178 Å². The highest BCUT2D eigenvalue weighted by molar-refractivity contribution is 9.10. The van der Waals surface area contributed by atoms with Gasteiger partial charge in [-0.05, 0) is 34.1 Å². The molecule has 0 spiro atoms. The average Bonchev–Trinajstić information content (AvgIpc) is 2.67. The molecular weight excluding hydrogens is 502 g/mol. The van der Waals surface area contributed by atoms with E-state index in [1.807, 2.05) is 0 Å². The lowest BCUT2D eigenvalue weighted by molar-refractivity contribution is -0.190. The molecule has 0 saturated heterocycles. The third-order valence-corrected chi connectivity index (χ3v) is 4.94. The van der Waals surface area contributed by atoms with Crippen molar-refractivity contribution in [2.75, 3.05) is 12.4 Å². The number of nitrogens with one attached hydrogen (secondary N) is 1. The second-order valence-electron chi connectivity index (χ2n) is 5.63. The molecule has 0 radical (unpaired) electrons. The minimum atomic E-state index is -5.29. The van der Waals surface area contributed by atoms with Crippen molar-refractivity contribution in [3.63, 3.8) is 0 Å². The number of hydrogen-bond acceptors (Lipinski definition) is 7. The SMILES string of the molecule is COc1cc2c(Nc3ccc(Br)c(Cl)c3F)nc(OC(=O)C(F)(F)F)nc2cc1O. The molecule has 2 N–H and O–H groups in total. The van der Waals surface area contributed by atoms with Gasteiger partial charge < -0.3 is 19.9 Å². The van der Waals surface area contributed by atoms with Crippen molar-refractivity contribution >= 4 is 55.9 Å². The number of rotatable bonds is 4. The summed E-state index contributed by atoms with van der Waals surface area (Å²) in [5.74, 6) is -4.06. The molecule has 0 atom stereocenters. The lowest BCUT2D eigenvalue weighted by Crippen LogP contribution is -2.28. The van der Waals surface area contributed by atoms with Gasteiger partial charge in [0.05, 0.1) is 23.3 Å². The van der Waals surface area contributed by atoms with Crippen LogP contribution in [0.3, 0.4) is 0 Å². The van der Waals surface area contributed by atoms with Crippen LogP contribution in [0.5, 0.6) is 17.5 Å². The van der Waals surface area contributed by atoms with Gasteiger partial charge in [-0.2, -0.15) is 23.1 Å². The highest BCUT2D eigenvalue weighted by Crippen LogP contribution is 2.37. The molecule has 3 aromatic rings. The van der Waals surface area contributed by atoms with Crippen LogP contribution in [0, 0.1) is 5.82 Å². The van der Waals surface area contributed by atoms with Gasteiger partial charge in [0.15, 0.2) is 17.3 Å². The summed E-state index contributed by atoms with van der Waals surface area (Å²) in [6.45, 7) is 0. The number of hydrogen-bond donors (Lipinski definition) is 2. The number of methoxy groups -OCH3 is 1. The zero-order valence-corrected chi connectivity index (χ0v) is 17.0. The smallest absolute Gasteiger partial charge is 0.491 e. The first-order chi connectivity index (χ1) is 14.0. The quantitative estimate of drug-likeness (QED) is 0.286. The molecule has 0 aliphatic carbocycles. The van der Waals surface area contributed by atoms with Crippen LogP contribution < -0.4 is 14.8 Å². The van der Waals surface area contributed by atoms with Crippen molar-refractivity contribution in [2.24, 2.45) is 0 Å². The summed E-state index contributed by atoms with van der Waals surface area (Å²) in [6.07, 6.45) is -5.29. The van der Waals surface area contributed by atoms with Crippen molar-refractivity contribution < 1.29 is 36.9 Å².